The third kappa shape index (κ3) is 4.61. The number of rotatable bonds is 6. The lowest BCUT2D eigenvalue weighted by Gasteiger charge is -2.29. The first-order valence-electron chi connectivity index (χ1n) is 9.54. The Morgan fingerprint density at radius 1 is 1.04 bits per heavy atom. The number of piperidine rings is 1. The van der Waals surface area contributed by atoms with Crippen molar-refractivity contribution in [1.82, 2.24) is 4.90 Å². The van der Waals surface area contributed by atoms with E-state index < -0.39 is 0 Å². The Hall–Kier alpha value is -2.21. The summed E-state index contributed by atoms with van der Waals surface area (Å²) >= 11 is 3.44. The molecule has 3 rings (SSSR count). The Bertz CT molecular complexity index is 792. The number of anilines is 1. The molecule has 150 valence electrons. The maximum Gasteiger partial charge on any atom is 0.254 e. The standard InChI is InChI=1S/C22H27BrN2O3/c1-24(22(26)17-13-19(27-2)21(23)20(14-17)28-3)15-16-7-9-18(10-8-16)25-11-5-4-6-12-25/h7-10,13-14H,4-6,11-12,15H2,1-3H3. The van der Waals surface area contributed by atoms with Crippen LogP contribution in [0.2, 0.25) is 0 Å². The van der Waals surface area contributed by atoms with Gasteiger partial charge in [0.15, 0.2) is 0 Å². The number of amides is 1. The first kappa shape index (κ1) is 20.5. The molecule has 28 heavy (non-hydrogen) atoms. The topological polar surface area (TPSA) is 42.0 Å². The number of carbonyl (C=O) groups is 1. The molecule has 1 aliphatic rings. The van der Waals surface area contributed by atoms with E-state index in [0.29, 0.717) is 28.1 Å². The SMILES string of the molecule is COc1cc(C(=O)N(C)Cc2ccc(N3CCCCC3)cc2)cc(OC)c1Br. The number of carbonyl (C=O) groups excluding carboxylic acids is 1. The van der Waals surface area contributed by atoms with Crippen LogP contribution in [0.25, 0.3) is 0 Å². The molecule has 0 atom stereocenters. The van der Waals surface area contributed by atoms with Crippen molar-refractivity contribution in [2.24, 2.45) is 0 Å². The molecule has 0 spiro atoms. The number of benzene rings is 2. The Morgan fingerprint density at radius 3 is 2.14 bits per heavy atom. The van der Waals surface area contributed by atoms with Crippen LogP contribution in [0.15, 0.2) is 40.9 Å². The highest BCUT2D eigenvalue weighted by molar-refractivity contribution is 9.10. The zero-order chi connectivity index (χ0) is 20.1. The predicted octanol–water partition coefficient (Wildman–Crippen LogP) is 4.73. The Morgan fingerprint density at radius 2 is 1.61 bits per heavy atom. The molecular weight excluding hydrogens is 420 g/mol. The lowest BCUT2D eigenvalue weighted by Crippen LogP contribution is -2.29. The summed E-state index contributed by atoms with van der Waals surface area (Å²) in [7, 11) is 4.95. The second kappa shape index (κ2) is 9.32. The van der Waals surface area contributed by atoms with E-state index in [-0.39, 0.29) is 5.91 Å². The summed E-state index contributed by atoms with van der Waals surface area (Å²) in [6.45, 7) is 2.80. The zero-order valence-corrected chi connectivity index (χ0v) is 18.3. The van der Waals surface area contributed by atoms with Gasteiger partial charge in [-0.1, -0.05) is 12.1 Å². The first-order valence-corrected chi connectivity index (χ1v) is 10.3. The summed E-state index contributed by atoms with van der Waals surface area (Å²) in [4.78, 5) is 17.0. The fraction of sp³-hybridized carbons (Fsp3) is 0.409. The summed E-state index contributed by atoms with van der Waals surface area (Å²) in [5, 5.41) is 0. The number of methoxy groups -OCH3 is 2. The number of hydrogen-bond acceptors (Lipinski definition) is 4. The van der Waals surface area contributed by atoms with Gasteiger partial charge in [0.25, 0.3) is 5.91 Å². The average Bonchev–Trinajstić information content (AvgIpc) is 2.74. The van der Waals surface area contributed by atoms with Crippen LogP contribution in [-0.4, -0.2) is 45.2 Å². The van der Waals surface area contributed by atoms with Gasteiger partial charge in [0.1, 0.15) is 16.0 Å². The Balaban J connectivity index is 1.70. The summed E-state index contributed by atoms with van der Waals surface area (Å²) < 4.78 is 11.4. The fourth-order valence-corrected chi connectivity index (χ4v) is 4.08. The molecule has 1 saturated heterocycles. The molecule has 1 fully saturated rings. The van der Waals surface area contributed by atoms with Gasteiger partial charge in [-0.05, 0) is 65.0 Å². The number of ether oxygens (including phenoxy) is 2. The zero-order valence-electron chi connectivity index (χ0n) is 16.7. The summed E-state index contributed by atoms with van der Waals surface area (Å²) in [5.41, 5.74) is 2.90. The smallest absolute Gasteiger partial charge is 0.254 e. The van der Waals surface area contributed by atoms with Gasteiger partial charge in [-0.25, -0.2) is 0 Å². The van der Waals surface area contributed by atoms with Gasteiger partial charge >= 0.3 is 0 Å². The van der Waals surface area contributed by atoms with Crippen LogP contribution in [0.5, 0.6) is 11.5 Å². The van der Waals surface area contributed by atoms with E-state index >= 15 is 0 Å². The van der Waals surface area contributed by atoms with Gasteiger partial charge < -0.3 is 19.3 Å². The molecule has 2 aromatic rings. The molecule has 1 heterocycles. The normalized spacial score (nSPS) is 13.9. The van der Waals surface area contributed by atoms with E-state index in [1.54, 1.807) is 31.3 Å². The minimum Gasteiger partial charge on any atom is -0.495 e. The predicted molar refractivity (Wildman–Crippen MR) is 116 cm³/mol. The van der Waals surface area contributed by atoms with Crippen LogP contribution in [-0.2, 0) is 6.54 Å². The third-order valence-electron chi connectivity index (χ3n) is 5.12. The van der Waals surface area contributed by atoms with E-state index in [4.69, 9.17) is 9.47 Å². The van der Waals surface area contributed by atoms with Crippen molar-refractivity contribution in [3.8, 4) is 11.5 Å². The van der Waals surface area contributed by atoms with E-state index in [9.17, 15) is 4.79 Å². The van der Waals surface area contributed by atoms with Crippen molar-refractivity contribution >= 4 is 27.5 Å². The van der Waals surface area contributed by atoms with Crippen molar-refractivity contribution in [3.63, 3.8) is 0 Å². The lowest BCUT2D eigenvalue weighted by atomic mass is 10.1. The first-order chi connectivity index (χ1) is 13.5. The van der Waals surface area contributed by atoms with Crippen LogP contribution in [0, 0.1) is 0 Å². The van der Waals surface area contributed by atoms with Gasteiger partial charge in [0, 0.05) is 37.9 Å². The van der Waals surface area contributed by atoms with Gasteiger partial charge in [-0.3, -0.25) is 4.79 Å². The van der Waals surface area contributed by atoms with Crippen molar-refractivity contribution in [1.29, 1.82) is 0 Å². The Labute approximate surface area is 175 Å². The van der Waals surface area contributed by atoms with E-state index in [1.807, 2.05) is 7.05 Å². The molecule has 6 heteroatoms. The van der Waals surface area contributed by atoms with E-state index in [2.05, 4.69) is 45.1 Å². The quantitative estimate of drug-likeness (QED) is 0.642. The molecule has 0 aromatic heterocycles. The Kier molecular flexibility index (Phi) is 6.83. The third-order valence-corrected chi connectivity index (χ3v) is 5.90. The largest absolute Gasteiger partial charge is 0.495 e. The van der Waals surface area contributed by atoms with Crippen molar-refractivity contribution < 1.29 is 14.3 Å². The molecule has 1 amide bonds. The monoisotopic (exact) mass is 446 g/mol. The molecule has 0 saturated carbocycles. The molecule has 0 N–H and O–H groups in total. The van der Waals surface area contributed by atoms with Gasteiger partial charge in [-0.15, -0.1) is 0 Å². The van der Waals surface area contributed by atoms with E-state index in [0.717, 1.165) is 18.7 Å². The summed E-state index contributed by atoms with van der Waals surface area (Å²) in [6, 6.07) is 12.0. The van der Waals surface area contributed by atoms with E-state index in [1.165, 1.54) is 24.9 Å². The highest BCUT2D eigenvalue weighted by atomic mass is 79.9. The van der Waals surface area contributed by atoms with Crippen LogP contribution < -0.4 is 14.4 Å². The molecule has 2 aromatic carbocycles. The molecule has 0 bridgehead atoms. The highest BCUT2D eigenvalue weighted by Crippen LogP contribution is 2.36. The second-order valence-corrected chi connectivity index (χ2v) is 7.86. The lowest BCUT2D eigenvalue weighted by molar-refractivity contribution is 0.0784. The maximum absolute atomic E-state index is 12.9. The second-order valence-electron chi connectivity index (χ2n) is 7.07. The van der Waals surface area contributed by atoms with Crippen LogP contribution >= 0.6 is 15.9 Å². The maximum atomic E-state index is 12.9. The van der Waals surface area contributed by atoms with Gasteiger partial charge in [-0.2, -0.15) is 0 Å². The average molecular weight is 447 g/mol. The number of halogens is 1. The number of nitrogens with zero attached hydrogens (tertiary/aromatic N) is 2. The minimum absolute atomic E-state index is 0.0794. The molecule has 5 nitrogen and oxygen atoms in total. The van der Waals surface area contributed by atoms with Gasteiger partial charge in [0.05, 0.1) is 14.2 Å². The van der Waals surface area contributed by atoms with Crippen molar-refractivity contribution in [3.05, 3.63) is 52.0 Å². The number of hydrogen-bond donors (Lipinski definition) is 0. The van der Waals surface area contributed by atoms with Crippen LogP contribution in [0.4, 0.5) is 5.69 Å². The molecule has 0 unspecified atom stereocenters. The highest BCUT2D eigenvalue weighted by Gasteiger charge is 2.18. The molecular formula is C22H27BrN2O3. The molecule has 0 aliphatic carbocycles. The molecule has 1 aliphatic heterocycles. The summed E-state index contributed by atoms with van der Waals surface area (Å²) in [6.07, 6.45) is 3.85. The summed E-state index contributed by atoms with van der Waals surface area (Å²) in [5.74, 6) is 1.06. The van der Waals surface area contributed by atoms with Crippen molar-refractivity contribution in [2.75, 3.05) is 39.3 Å². The van der Waals surface area contributed by atoms with Crippen molar-refractivity contribution in [2.45, 2.75) is 25.8 Å². The fourth-order valence-electron chi connectivity index (χ4n) is 3.52. The minimum atomic E-state index is -0.0794. The van der Waals surface area contributed by atoms with Crippen LogP contribution in [0.3, 0.4) is 0 Å². The van der Waals surface area contributed by atoms with Gasteiger partial charge in [0.2, 0.25) is 0 Å². The molecule has 0 radical (unpaired) electrons. The van der Waals surface area contributed by atoms with Crippen LogP contribution in [0.1, 0.15) is 35.2 Å².